The van der Waals surface area contributed by atoms with Crippen LogP contribution < -0.4 is 10.5 Å². The second-order valence-corrected chi connectivity index (χ2v) is 6.45. The van der Waals surface area contributed by atoms with Crippen molar-refractivity contribution in [2.45, 2.75) is 38.3 Å². The van der Waals surface area contributed by atoms with E-state index in [1.165, 1.54) is 6.07 Å². The highest BCUT2D eigenvalue weighted by Crippen LogP contribution is 2.20. The van der Waals surface area contributed by atoms with E-state index in [1.807, 2.05) is 13.8 Å². The molecule has 0 radical (unpaired) electrons. The maximum absolute atomic E-state index is 12.3. The van der Waals surface area contributed by atoms with Gasteiger partial charge in [-0.05, 0) is 12.8 Å². The molecule has 0 fully saturated rings. The number of nitrogens with two attached hydrogens (primary N) is 1. The average Bonchev–Trinajstić information content (AvgIpc) is 2.70. The number of hydrogen-bond donors (Lipinski definition) is 2. The van der Waals surface area contributed by atoms with Gasteiger partial charge >= 0.3 is 0 Å². The van der Waals surface area contributed by atoms with Crippen LogP contribution in [0.25, 0.3) is 0 Å². The van der Waals surface area contributed by atoms with Crippen LogP contribution in [0.15, 0.2) is 15.4 Å². The molecular formula is C12H22N2O4S. The Morgan fingerprint density at radius 1 is 1.47 bits per heavy atom. The number of aryl methyl sites for hydroxylation is 1. The fourth-order valence-corrected chi connectivity index (χ4v) is 3.27. The lowest BCUT2D eigenvalue weighted by atomic mass is 10.1. The number of sulfonamides is 1. The summed E-state index contributed by atoms with van der Waals surface area (Å²) in [5, 5.41) is 0. The van der Waals surface area contributed by atoms with Crippen molar-refractivity contribution >= 4 is 10.0 Å². The molecule has 0 saturated heterocycles. The molecule has 0 saturated carbocycles. The molecule has 0 amide bonds. The molecule has 110 valence electrons. The van der Waals surface area contributed by atoms with Crippen LogP contribution in [0.2, 0.25) is 0 Å². The maximum atomic E-state index is 12.3. The summed E-state index contributed by atoms with van der Waals surface area (Å²) in [7, 11) is -2.08. The smallest absolute Gasteiger partial charge is 0.244 e. The second-order valence-electron chi connectivity index (χ2n) is 4.76. The highest BCUT2D eigenvalue weighted by Gasteiger charge is 2.26. The predicted molar refractivity (Wildman–Crippen MR) is 72.2 cm³/mol. The minimum atomic E-state index is -3.63. The number of hydrogen-bond acceptors (Lipinski definition) is 5. The molecule has 3 N–H and O–H groups in total. The largest absolute Gasteiger partial charge is 0.464 e. The van der Waals surface area contributed by atoms with Crippen molar-refractivity contribution in [3.63, 3.8) is 0 Å². The van der Waals surface area contributed by atoms with Gasteiger partial charge in [-0.2, -0.15) is 0 Å². The topological polar surface area (TPSA) is 94.6 Å². The lowest BCUT2D eigenvalue weighted by molar-refractivity contribution is 0.157. The van der Waals surface area contributed by atoms with Gasteiger partial charge in [0, 0.05) is 19.2 Å². The fraction of sp³-hybridized carbons (Fsp3) is 0.667. The molecule has 1 aromatic rings. The van der Waals surface area contributed by atoms with Gasteiger partial charge < -0.3 is 14.9 Å². The van der Waals surface area contributed by atoms with E-state index in [9.17, 15) is 8.42 Å². The molecule has 1 aromatic heterocycles. The Kier molecular flexibility index (Phi) is 5.54. The normalized spacial score (nSPS) is 14.0. The van der Waals surface area contributed by atoms with Crippen LogP contribution in [-0.4, -0.2) is 28.2 Å². The van der Waals surface area contributed by atoms with Gasteiger partial charge in [0.05, 0.1) is 13.2 Å². The van der Waals surface area contributed by atoms with Gasteiger partial charge in [0.15, 0.2) is 0 Å². The molecule has 1 atom stereocenters. The summed E-state index contributed by atoms with van der Waals surface area (Å²) < 4.78 is 37.6. The highest BCUT2D eigenvalue weighted by molar-refractivity contribution is 7.89. The van der Waals surface area contributed by atoms with Gasteiger partial charge in [-0.15, -0.1) is 0 Å². The van der Waals surface area contributed by atoms with Crippen molar-refractivity contribution in [2.75, 3.05) is 13.7 Å². The molecule has 6 nitrogen and oxygen atoms in total. The zero-order chi connectivity index (χ0) is 14.6. The highest BCUT2D eigenvalue weighted by atomic mass is 32.2. The van der Waals surface area contributed by atoms with Gasteiger partial charge in [0.1, 0.15) is 16.4 Å². The summed E-state index contributed by atoms with van der Waals surface area (Å²) in [6.45, 7) is 5.95. The zero-order valence-electron chi connectivity index (χ0n) is 11.8. The third-order valence-corrected chi connectivity index (χ3v) is 4.47. The number of furan rings is 1. The molecule has 1 unspecified atom stereocenters. The molecule has 0 aliphatic carbocycles. The van der Waals surface area contributed by atoms with Gasteiger partial charge in [-0.3, -0.25) is 0 Å². The molecule has 7 heteroatoms. The van der Waals surface area contributed by atoms with Crippen molar-refractivity contribution in [1.29, 1.82) is 0 Å². The third kappa shape index (κ3) is 4.04. The number of ether oxygens (including phenoxy) is 1. The van der Waals surface area contributed by atoms with Gasteiger partial charge in [0.25, 0.3) is 0 Å². The third-order valence-electron chi connectivity index (χ3n) is 2.87. The molecule has 1 heterocycles. The molecule has 0 bridgehead atoms. The van der Waals surface area contributed by atoms with E-state index >= 15 is 0 Å². The van der Waals surface area contributed by atoms with Crippen LogP contribution in [0.1, 0.15) is 25.4 Å². The van der Waals surface area contributed by atoms with Crippen molar-refractivity contribution in [1.82, 2.24) is 4.72 Å². The fourth-order valence-electron chi connectivity index (χ4n) is 1.70. The van der Waals surface area contributed by atoms with Crippen molar-refractivity contribution in [3.05, 3.63) is 17.6 Å². The first-order chi connectivity index (χ1) is 8.81. The monoisotopic (exact) mass is 290 g/mol. The van der Waals surface area contributed by atoms with Crippen molar-refractivity contribution in [3.8, 4) is 0 Å². The summed E-state index contributed by atoms with van der Waals surface area (Å²) in [4.78, 5) is 0.134. The first-order valence-electron chi connectivity index (χ1n) is 6.12. The molecule has 0 aliphatic heterocycles. The second kappa shape index (κ2) is 6.51. The zero-order valence-corrected chi connectivity index (χ0v) is 12.6. The first-order valence-corrected chi connectivity index (χ1v) is 7.60. The summed E-state index contributed by atoms with van der Waals surface area (Å²) in [5.41, 5.74) is 5.44. The summed E-state index contributed by atoms with van der Waals surface area (Å²) in [5.74, 6) is 0.912. The maximum Gasteiger partial charge on any atom is 0.244 e. The van der Waals surface area contributed by atoms with E-state index in [0.717, 1.165) is 0 Å². The standard InChI is InChI=1S/C12H22N2O4S/c1-8(2)11(7-17-4)14-19(15,16)12-5-10(6-13)18-9(12)3/h5,8,11,14H,6-7,13H2,1-4H3. The Morgan fingerprint density at radius 2 is 2.11 bits per heavy atom. The molecule has 0 aliphatic rings. The number of methoxy groups -OCH3 is 1. The van der Waals surface area contributed by atoms with E-state index in [4.69, 9.17) is 14.9 Å². The molecule has 19 heavy (non-hydrogen) atoms. The summed E-state index contributed by atoms with van der Waals surface area (Å²) in [6, 6.07) is 1.17. The first kappa shape index (κ1) is 16.2. The number of rotatable bonds is 7. The Bertz CT molecular complexity index is 508. The average molecular weight is 290 g/mol. The van der Waals surface area contributed by atoms with Gasteiger partial charge in [-0.25, -0.2) is 13.1 Å². The lowest BCUT2D eigenvalue weighted by Gasteiger charge is -2.21. The number of nitrogens with one attached hydrogen (secondary N) is 1. The summed E-state index contributed by atoms with van der Waals surface area (Å²) >= 11 is 0. The minimum Gasteiger partial charge on any atom is -0.464 e. The minimum absolute atomic E-state index is 0.121. The Morgan fingerprint density at radius 3 is 2.53 bits per heavy atom. The van der Waals surface area contributed by atoms with Crippen LogP contribution in [0.4, 0.5) is 0 Å². The van der Waals surface area contributed by atoms with Crippen LogP contribution in [0.3, 0.4) is 0 Å². The Hall–Kier alpha value is -0.890. The van der Waals surface area contributed by atoms with E-state index in [-0.39, 0.29) is 23.4 Å². The molecular weight excluding hydrogens is 268 g/mol. The molecule has 1 rings (SSSR count). The van der Waals surface area contributed by atoms with Crippen LogP contribution >= 0.6 is 0 Å². The van der Waals surface area contributed by atoms with E-state index in [0.29, 0.717) is 18.1 Å². The van der Waals surface area contributed by atoms with E-state index < -0.39 is 10.0 Å². The predicted octanol–water partition coefficient (Wildman–Crippen LogP) is 0.996. The van der Waals surface area contributed by atoms with E-state index in [2.05, 4.69) is 4.72 Å². The lowest BCUT2D eigenvalue weighted by Crippen LogP contribution is -2.41. The van der Waals surface area contributed by atoms with Crippen LogP contribution in [-0.2, 0) is 21.3 Å². The molecule has 0 aromatic carbocycles. The Balaban J connectivity index is 2.99. The van der Waals surface area contributed by atoms with Crippen molar-refractivity contribution < 1.29 is 17.6 Å². The molecule has 0 spiro atoms. The SMILES string of the molecule is COCC(NS(=O)(=O)c1cc(CN)oc1C)C(C)C. The Labute approximate surface area is 114 Å². The summed E-state index contributed by atoms with van der Waals surface area (Å²) in [6.07, 6.45) is 0. The van der Waals surface area contributed by atoms with E-state index in [1.54, 1.807) is 14.0 Å². The van der Waals surface area contributed by atoms with Gasteiger partial charge in [-0.1, -0.05) is 13.8 Å². The van der Waals surface area contributed by atoms with Crippen LogP contribution in [0, 0.1) is 12.8 Å². The van der Waals surface area contributed by atoms with Crippen LogP contribution in [0.5, 0.6) is 0 Å². The quantitative estimate of drug-likeness (QED) is 0.781. The van der Waals surface area contributed by atoms with Gasteiger partial charge in [0.2, 0.25) is 10.0 Å². The van der Waals surface area contributed by atoms with Crippen molar-refractivity contribution in [2.24, 2.45) is 11.7 Å².